The van der Waals surface area contributed by atoms with E-state index in [-0.39, 0.29) is 5.91 Å². The molecule has 1 aromatic rings. The highest BCUT2D eigenvalue weighted by atomic mass is 16.5. The van der Waals surface area contributed by atoms with Crippen LogP contribution in [-0.4, -0.2) is 37.1 Å². The van der Waals surface area contributed by atoms with Crippen molar-refractivity contribution in [2.45, 2.75) is 6.42 Å². The molecule has 1 saturated heterocycles. The molecule has 0 bridgehead atoms. The van der Waals surface area contributed by atoms with Gasteiger partial charge < -0.3 is 9.64 Å². The minimum absolute atomic E-state index is 0.181. The van der Waals surface area contributed by atoms with Crippen LogP contribution >= 0.6 is 0 Å². The summed E-state index contributed by atoms with van der Waals surface area (Å²) in [6.07, 6.45) is 4.38. The number of ether oxygens (including phenoxy) is 1. The van der Waals surface area contributed by atoms with Crippen molar-refractivity contribution in [2.75, 3.05) is 26.3 Å². The summed E-state index contributed by atoms with van der Waals surface area (Å²) in [6.45, 7) is 2.76. The topological polar surface area (TPSA) is 29.5 Å². The first-order valence-corrected chi connectivity index (χ1v) is 5.93. The molecule has 3 heteroatoms. The average Bonchev–Trinajstić information content (AvgIpc) is 2.41. The molecule has 1 amide bonds. The Kier molecular flexibility index (Phi) is 4.33. The molecule has 1 aromatic carbocycles. The molecule has 0 atom stereocenters. The van der Waals surface area contributed by atoms with E-state index in [2.05, 4.69) is 0 Å². The number of rotatable bonds is 3. The van der Waals surface area contributed by atoms with Gasteiger partial charge in [0.15, 0.2) is 0 Å². The Morgan fingerprint density at radius 3 is 2.65 bits per heavy atom. The summed E-state index contributed by atoms with van der Waals surface area (Å²) in [4.78, 5) is 13.7. The molecule has 0 aliphatic carbocycles. The molecule has 1 fully saturated rings. The van der Waals surface area contributed by atoms with Crippen LogP contribution in [0, 0.1) is 0 Å². The first-order valence-electron chi connectivity index (χ1n) is 5.93. The fraction of sp³-hybridized carbons (Fsp3) is 0.357. The summed E-state index contributed by atoms with van der Waals surface area (Å²) in [6, 6.07) is 10.0. The molecule has 0 spiro atoms. The van der Waals surface area contributed by atoms with Crippen LogP contribution in [0.2, 0.25) is 0 Å². The van der Waals surface area contributed by atoms with Crippen LogP contribution in [0.5, 0.6) is 0 Å². The van der Waals surface area contributed by atoms with Gasteiger partial charge >= 0.3 is 0 Å². The van der Waals surface area contributed by atoms with Crippen LogP contribution in [-0.2, 0) is 9.53 Å². The summed E-state index contributed by atoms with van der Waals surface area (Å²) in [5.74, 6) is 0.181. The maximum atomic E-state index is 11.8. The lowest BCUT2D eigenvalue weighted by Crippen LogP contribution is -2.40. The molecule has 0 saturated carbocycles. The Bertz CT molecular complexity index is 380. The fourth-order valence-corrected chi connectivity index (χ4v) is 1.80. The Labute approximate surface area is 102 Å². The predicted octanol–water partition coefficient (Wildman–Crippen LogP) is 1.95. The molecule has 17 heavy (non-hydrogen) atoms. The average molecular weight is 231 g/mol. The number of hydrogen-bond acceptors (Lipinski definition) is 2. The molecule has 1 heterocycles. The Morgan fingerprint density at radius 1 is 1.24 bits per heavy atom. The van der Waals surface area contributed by atoms with Crippen molar-refractivity contribution in [1.29, 1.82) is 0 Å². The highest BCUT2D eigenvalue weighted by molar-refractivity contribution is 5.78. The van der Waals surface area contributed by atoms with Gasteiger partial charge in [0.05, 0.1) is 13.2 Å². The van der Waals surface area contributed by atoms with E-state index in [0.717, 1.165) is 18.7 Å². The van der Waals surface area contributed by atoms with Gasteiger partial charge in [0.1, 0.15) is 0 Å². The zero-order valence-corrected chi connectivity index (χ0v) is 9.84. The van der Waals surface area contributed by atoms with Crippen molar-refractivity contribution in [1.82, 2.24) is 4.90 Å². The van der Waals surface area contributed by atoms with Crippen LogP contribution in [0.25, 0.3) is 6.08 Å². The third kappa shape index (κ3) is 3.71. The zero-order valence-electron chi connectivity index (χ0n) is 9.84. The number of hydrogen-bond donors (Lipinski definition) is 0. The molecule has 0 radical (unpaired) electrons. The van der Waals surface area contributed by atoms with Crippen LogP contribution in [0.1, 0.15) is 12.0 Å². The van der Waals surface area contributed by atoms with Crippen molar-refractivity contribution < 1.29 is 9.53 Å². The van der Waals surface area contributed by atoms with Crippen molar-refractivity contribution >= 4 is 12.0 Å². The van der Waals surface area contributed by atoms with E-state index in [1.807, 2.05) is 47.4 Å². The largest absolute Gasteiger partial charge is 0.378 e. The molecular formula is C14H17NO2. The van der Waals surface area contributed by atoms with Crippen LogP contribution in [0.4, 0.5) is 0 Å². The number of benzene rings is 1. The number of morpholine rings is 1. The highest BCUT2D eigenvalue weighted by Crippen LogP contribution is 2.04. The summed E-state index contributed by atoms with van der Waals surface area (Å²) in [5.41, 5.74) is 1.13. The minimum Gasteiger partial charge on any atom is -0.378 e. The zero-order chi connectivity index (χ0) is 11.9. The summed E-state index contributed by atoms with van der Waals surface area (Å²) in [5, 5.41) is 0. The van der Waals surface area contributed by atoms with Crippen molar-refractivity contribution in [3.05, 3.63) is 42.0 Å². The van der Waals surface area contributed by atoms with E-state index in [1.165, 1.54) is 0 Å². The number of amides is 1. The van der Waals surface area contributed by atoms with Gasteiger partial charge in [-0.2, -0.15) is 0 Å². The standard InChI is InChI=1S/C14H17NO2/c16-14(15-9-11-17-12-10-15)8-4-7-13-5-2-1-3-6-13/h1-7H,8-12H2/b7-4+. The van der Waals surface area contributed by atoms with Gasteiger partial charge in [-0.25, -0.2) is 0 Å². The van der Waals surface area contributed by atoms with Crippen molar-refractivity contribution in [2.24, 2.45) is 0 Å². The lowest BCUT2D eigenvalue weighted by atomic mass is 10.2. The Hall–Kier alpha value is -1.61. The van der Waals surface area contributed by atoms with Gasteiger partial charge in [0.2, 0.25) is 5.91 Å². The number of carbonyl (C=O) groups is 1. The summed E-state index contributed by atoms with van der Waals surface area (Å²) < 4.78 is 5.21. The third-order valence-electron chi connectivity index (χ3n) is 2.77. The van der Waals surface area contributed by atoms with Crippen LogP contribution < -0.4 is 0 Å². The number of carbonyl (C=O) groups excluding carboxylic acids is 1. The lowest BCUT2D eigenvalue weighted by Gasteiger charge is -2.26. The van der Waals surface area contributed by atoms with Gasteiger partial charge in [-0.1, -0.05) is 42.5 Å². The van der Waals surface area contributed by atoms with E-state index >= 15 is 0 Å². The molecule has 1 aliphatic rings. The minimum atomic E-state index is 0.181. The van der Waals surface area contributed by atoms with Crippen LogP contribution in [0.3, 0.4) is 0 Å². The Balaban J connectivity index is 1.81. The molecule has 0 unspecified atom stereocenters. The van der Waals surface area contributed by atoms with Crippen molar-refractivity contribution in [3.63, 3.8) is 0 Å². The predicted molar refractivity (Wildman–Crippen MR) is 67.5 cm³/mol. The van der Waals surface area contributed by atoms with Gasteiger partial charge in [-0.3, -0.25) is 4.79 Å². The van der Waals surface area contributed by atoms with E-state index in [0.29, 0.717) is 19.6 Å². The maximum Gasteiger partial charge on any atom is 0.226 e. The van der Waals surface area contributed by atoms with Gasteiger partial charge in [0, 0.05) is 19.5 Å². The van der Waals surface area contributed by atoms with Crippen LogP contribution in [0.15, 0.2) is 36.4 Å². The first-order chi connectivity index (χ1) is 8.36. The Morgan fingerprint density at radius 2 is 1.94 bits per heavy atom. The van der Waals surface area contributed by atoms with E-state index < -0.39 is 0 Å². The molecule has 0 N–H and O–H groups in total. The second-order valence-electron chi connectivity index (χ2n) is 4.01. The number of nitrogens with zero attached hydrogens (tertiary/aromatic N) is 1. The molecule has 90 valence electrons. The quantitative estimate of drug-likeness (QED) is 0.795. The van der Waals surface area contributed by atoms with Gasteiger partial charge in [-0.05, 0) is 5.56 Å². The van der Waals surface area contributed by atoms with Gasteiger partial charge in [0.25, 0.3) is 0 Å². The highest BCUT2D eigenvalue weighted by Gasteiger charge is 2.14. The monoisotopic (exact) mass is 231 g/mol. The molecular weight excluding hydrogens is 214 g/mol. The second kappa shape index (κ2) is 6.21. The van der Waals surface area contributed by atoms with E-state index in [1.54, 1.807) is 0 Å². The SMILES string of the molecule is O=C(C/C=C/c1ccccc1)N1CCOCC1. The fourth-order valence-electron chi connectivity index (χ4n) is 1.80. The van der Waals surface area contributed by atoms with Crippen molar-refractivity contribution in [3.8, 4) is 0 Å². The molecule has 3 nitrogen and oxygen atoms in total. The lowest BCUT2D eigenvalue weighted by molar-refractivity contribution is -0.134. The molecule has 0 aromatic heterocycles. The summed E-state index contributed by atoms with van der Waals surface area (Å²) in [7, 11) is 0. The van der Waals surface area contributed by atoms with E-state index in [9.17, 15) is 4.79 Å². The molecule has 2 rings (SSSR count). The van der Waals surface area contributed by atoms with E-state index in [4.69, 9.17) is 4.74 Å². The molecule has 1 aliphatic heterocycles. The maximum absolute atomic E-state index is 11.8. The second-order valence-corrected chi connectivity index (χ2v) is 4.01. The summed E-state index contributed by atoms with van der Waals surface area (Å²) >= 11 is 0. The first kappa shape index (κ1) is 11.9. The third-order valence-corrected chi connectivity index (χ3v) is 2.77. The normalized spacial score (nSPS) is 16.4. The smallest absolute Gasteiger partial charge is 0.226 e. The van der Waals surface area contributed by atoms with Gasteiger partial charge in [-0.15, -0.1) is 0 Å².